The van der Waals surface area contributed by atoms with Gasteiger partial charge in [0, 0.05) is 17.0 Å². The number of halogens is 1. The molecule has 0 amide bonds. The molecule has 1 N–H and O–H groups in total. The molecule has 10 heavy (non-hydrogen) atoms. The Hall–Kier alpha value is 0.650. The van der Waals surface area contributed by atoms with Crippen molar-refractivity contribution in [2.75, 3.05) is 17.6 Å². The van der Waals surface area contributed by atoms with Gasteiger partial charge >= 0.3 is 0 Å². The van der Waals surface area contributed by atoms with E-state index in [9.17, 15) is 0 Å². The van der Waals surface area contributed by atoms with Crippen molar-refractivity contribution in [1.82, 2.24) is 0 Å². The Bertz CT molecular complexity index is 77.6. The molecule has 0 aromatic heterocycles. The van der Waals surface area contributed by atoms with Crippen molar-refractivity contribution < 1.29 is 9.84 Å². The normalized spacial score (nSPS) is 34.2. The molecule has 2 nitrogen and oxygen atoms in total. The van der Waals surface area contributed by atoms with Crippen LogP contribution in [0.4, 0.5) is 0 Å². The van der Waals surface area contributed by atoms with E-state index in [1.807, 2.05) is 0 Å². The molecule has 0 saturated carbocycles. The molecule has 0 radical (unpaired) electrons. The molecule has 3 heteroatoms. The van der Waals surface area contributed by atoms with Gasteiger partial charge in [0.2, 0.25) is 0 Å². The maximum Gasteiger partial charge on any atom is 0.0664 e. The second kappa shape index (κ2) is 4.51. The van der Waals surface area contributed by atoms with E-state index in [-0.39, 0.29) is 6.61 Å². The van der Waals surface area contributed by atoms with E-state index in [2.05, 4.69) is 22.6 Å². The maximum atomic E-state index is 8.77. The van der Waals surface area contributed by atoms with Crippen molar-refractivity contribution >= 4 is 22.6 Å². The minimum atomic E-state index is 0.286. The average molecular weight is 256 g/mol. The van der Waals surface area contributed by atoms with Gasteiger partial charge in [0.15, 0.2) is 0 Å². The number of hydrogen-bond donors (Lipinski definition) is 1. The zero-order valence-electron chi connectivity index (χ0n) is 5.92. The molecule has 1 aliphatic heterocycles. The number of aliphatic hydroxyl groups is 1. The van der Waals surface area contributed by atoms with Crippen molar-refractivity contribution in [3.63, 3.8) is 0 Å². The summed E-state index contributed by atoms with van der Waals surface area (Å²) in [6, 6.07) is 0. The summed E-state index contributed by atoms with van der Waals surface area (Å²) in [6.07, 6.45) is 2.70. The maximum absolute atomic E-state index is 8.77. The highest BCUT2D eigenvalue weighted by Crippen LogP contribution is 2.19. The van der Waals surface area contributed by atoms with Crippen LogP contribution in [0, 0.1) is 5.92 Å². The van der Waals surface area contributed by atoms with Crippen molar-refractivity contribution in [3.05, 3.63) is 0 Å². The molecule has 0 aliphatic carbocycles. The first-order valence-corrected chi connectivity index (χ1v) is 5.17. The van der Waals surface area contributed by atoms with Gasteiger partial charge < -0.3 is 9.84 Å². The number of alkyl halides is 1. The predicted molar refractivity (Wildman–Crippen MR) is 48.4 cm³/mol. The van der Waals surface area contributed by atoms with Crippen LogP contribution < -0.4 is 0 Å². The Kier molecular flexibility index (Phi) is 3.95. The molecular formula is C7H13IO2. The average Bonchev–Trinajstić information content (AvgIpc) is 2.05. The van der Waals surface area contributed by atoms with Crippen molar-refractivity contribution in [2.45, 2.75) is 18.9 Å². The van der Waals surface area contributed by atoms with Gasteiger partial charge in [-0.1, -0.05) is 22.6 Å². The summed E-state index contributed by atoms with van der Waals surface area (Å²) in [7, 11) is 0. The van der Waals surface area contributed by atoms with Crippen LogP contribution >= 0.6 is 22.6 Å². The lowest BCUT2D eigenvalue weighted by atomic mass is 10.0. The minimum Gasteiger partial charge on any atom is -0.396 e. The van der Waals surface area contributed by atoms with E-state index in [1.54, 1.807) is 0 Å². The molecule has 1 heterocycles. The highest BCUT2D eigenvalue weighted by atomic mass is 127. The standard InChI is InChI=1S/C7H13IO2/c8-3-7-2-1-6(4-9)5-10-7/h6-7,9H,1-5H2/t6-,7+/m0/s1. The van der Waals surface area contributed by atoms with Crippen LogP contribution in [0.25, 0.3) is 0 Å². The van der Waals surface area contributed by atoms with E-state index in [0.717, 1.165) is 23.9 Å². The summed E-state index contributed by atoms with van der Waals surface area (Å²) in [4.78, 5) is 0. The highest BCUT2D eigenvalue weighted by Gasteiger charge is 2.19. The van der Waals surface area contributed by atoms with E-state index < -0.39 is 0 Å². The number of rotatable bonds is 2. The van der Waals surface area contributed by atoms with Crippen LogP contribution in [-0.4, -0.2) is 28.9 Å². The fourth-order valence-electron chi connectivity index (χ4n) is 1.13. The first-order chi connectivity index (χ1) is 4.86. The lowest BCUT2D eigenvalue weighted by molar-refractivity contribution is -0.0165. The van der Waals surface area contributed by atoms with Crippen LogP contribution in [0.3, 0.4) is 0 Å². The molecule has 1 rings (SSSR count). The van der Waals surface area contributed by atoms with Crippen molar-refractivity contribution in [3.8, 4) is 0 Å². The van der Waals surface area contributed by atoms with E-state index in [1.165, 1.54) is 0 Å². The number of hydrogen-bond acceptors (Lipinski definition) is 2. The summed E-state index contributed by atoms with van der Waals surface area (Å²) >= 11 is 2.34. The zero-order valence-corrected chi connectivity index (χ0v) is 8.08. The summed E-state index contributed by atoms with van der Waals surface area (Å²) in [5.74, 6) is 0.402. The van der Waals surface area contributed by atoms with E-state index >= 15 is 0 Å². The monoisotopic (exact) mass is 256 g/mol. The van der Waals surface area contributed by atoms with Crippen LogP contribution in [0.5, 0.6) is 0 Å². The largest absolute Gasteiger partial charge is 0.396 e. The van der Waals surface area contributed by atoms with Crippen LogP contribution in [0.1, 0.15) is 12.8 Å². The highest BCUT2D eigenvalue weighted by molar-refractivity contribution is 14.1. The van der Waals surface area contributed by atoms with Gasteiger partial charge in [-0.15, -0.1) is 0 Å². The summed E-state index contributed by atoms with van der Waals surface area (Å²) in [5, 5.41) is 8.77. The van der Waals surface area contributed by atoms with Gasteiger partial charge in [-0.3, -0.25) is 0 Å². The third-order valence-electron chi connectivity index (χ3n) is 1.89. The van der Waals surface area contributed by atoms with Crippen molar-refractivity contribution in [1.29, 1.82) is 0 Å². The van der Waals surface area contributed by atoms with Gasteiger partial charge in [0.05, 0.1) is 12.7 Å². The molecule has 0 aromatic rings. The first kappa shape index (κ1) is 8.74. The topological polar surface area (TPSA) is 29.5 Å². The van der Waals surface area contributed by atoms with Crippen LogP contribution in [0.15, 0.2) is 0 Å². The number of ether oxygens (including phenoxy) is 1. The fraction of sp³-hybridized carbons (Fsp3) is 1.00. The van der Waals surface area contributed by atoms with Crippen LogP contribution in [-0.2, 0) is 4.74 Å². The third-order valence-corrected chi connectivity index (χ3v) is 2.88. The summed E-state index contributed by atoms with van der Waals surface area (Å²) in [6.45, 7) is 1.04. The molecule has 0 spiro atoms. The lowest BCUT2D eigenvalue weighted by Gasteiger charge is -2.26. The van der Waals surface area contributed by atoms with Crippen molar-refractivity contribution in [2.24, 2.45) is 5.92 Å². The minimum absolute atomic E-state index is 0.286. The predicted octanol–water partition coefficient (Wildman–Crippen LogP) is 1.21. The second-order valence-electron chi connectivity index (χ2n) is 2.74. The molecule has 0 unspecified atom stereocenters. The van der Waals surface area contributed by atoms with Gasteiger partial charge in [0.25, 0.3) is 0 Å². The van der Waals surface area contributed by atoms with E-state index in [4.69, 9.17) is 9.84 Å². The molecule has 0 aromatic carbocycles. The quantitative estimate of drug-likeness (QED) is 0.594. The molecule has 0 bridgehead atoms. The smallest absolute Gasteiger partial charge is 0.0664 e. The Balaban J connectivity index is 2.17. The SMILES string of the molecule is OC[C@@H]1CC[C@H](CI)OC1. The molecule has 1 aliphatic rings. The molecule has 60 valence electrons. The Labute approximate surface area is 75.1 Å². The van der Waals surface area contributed by atoms with Crippen LogP contribution in [0.2, 0.25) is 0 Å². The van der Waals surface area contributed by atoms with Gasteiger partial charge in [-0.2, -0.15) is 0 Å². The fourth-order valence-corrected chi connectivity index (χ4v) is 1.82. The Morgan fingerprint density at radius 1 is 1.50 bits per heavy atom. The second-order valence-corrected chi connectivity index (χ2v) is 3.62. The van der Waals surface area contributed by atoms with Gasteiger partial charge in [0.1, 0.15) is 0 Å². The first-order valence-electron chi connectivity index (χ1n) is 3.65. The third kappa shape index (κ3) is 2.36. The Morgan fingerprint density at radius 2 is 2.30 bits per heavy atom. The summed E-state index contributed by atoms with van der Waals surface area (Å²) in [5.41, 5.74) is 0. The number of aliphatic hydroxyl groups excluding tert-OH is 1. The molecular weight excluding hydrogens is 243 g/mol. The Morgan fingerprint density at radius 3 is 2.70 bits per heavy atom. The molecule has 2 atom stereocenters. The summed E-state index contributed by atoms with van der Waals surface area (Å²) < 4.78 is 6.54. The van der Waals surface area contributed by atoms with Gasteiger partial charge in [-0.05, 0) is 12.8 Å². The molecule has 1 fully saturated rings. The molecule has 1 saturated heterocycles. The van der Waals surface area contributed by atoms with E-state index in [0.29, 0.717) is 12.0 Å². The zero-order chi connectivity index (χ0) is 7.40. The van der Waals surface area contributed by atoms with Gasteiger partial charge in [-0.25, -0.2) is 0 Å². The lowest BCUT2D eigenvalue weighted by Crippen LogP contribution is -2.28.